The lowest BCUT2D eigenvalue weighted by Crippen LogP contribution is -2.12. The van der Waals surface area contributed by atoms with Gasteiger partial charge in [-0.15, -0.1) is 4.85 Å². The van der Waals surface area contributed by atoms with Crippen LogP contribution >= 0.6 is 0 Å². The Bertz CT molecular complexity index is 375. The number of hydrogen-bond donors (Lipinski definition) is 1. The number of nitrogens with two attached hydrogens (primary N) is 1. The molecule has 5 heteroatoms. The number of nitrogens with zero attached hydrogens (tertiary/aromatic N) is 3. The summed E-state index contributed by atoms with van der Waals surface area (Å²) in [5, 5.41) is 0. The van der Waals surface area contributed by atoms with Gasteiger partial charge >= 0.3 is 0 Å². The zero-order chi connectivity index (χ0) is 7.84. The minimum Gasteiger partial charge on any atom is -0.401 e. The van der Waals surface area contributed by atoms with Gasteiger partial charge in [-0.05, 0) is 0 Å². The molecule has 0 amide bonds. The van der Waals surface area contributed by atoms with Gasteiger partial charge in [0.25, 0.3) is 0 Å². The van der Waals surface area contributed by atoms with Crippen LogP contribution in [0, 0.1) is 0 Å². The first-order valence-corrected chi connectivity index (χ1v) is 3.18. The highest BCUT2D eigenvalue weighted by Gasteiger charge is 2.03. The van der Waals surface area contributed by atoms with Crippen LogP contribution in [0.15, 0.2) is 18.5 Å². The molecular formula is C6H8N4O. The Labute approximate surface area is 62.9 Å². The molecule has 58 valence electrons. The van der Waals surface area contributed by atoms with Gasteiger partial charge in [0.2, 0.25) is 0 Å². The monoisotopic (exact) mass is 152 g/mol. The van der Waals surface area contributed by atoms with Gasteiger partial charge in [-0.3, -0.25) is 0 Å². The molecule has 0 aliphatic rings. The molecular weight excluding hydrogens is 144 g/mol. The van der Waals surface area contributed by atoms with E-state index >= 15 is 0 Å². The Morgan fingerprint density at radius 2 is 2.45 bits per heavy atom. The minimum absolute atomic E-state index is 0.562. The molecule has 2 rings (SSSR count). The third kappa shape index (κ3) is 0.674. The van der Waals surface area contributed by atoms with E-state index in [1.807, 2.05) is 6.07 Å². The van der Waals surface area contributed by atoms with Crippen molar-refractivity contribution >= 4 is 11.5 Å². The van der Waals surface area contributed by atoms with Gasteiger partial charge < -0.3 is 10.6 Å². The first kappa shape index (κ1) is 6.09. The number of aromatic nitrogens is 3. The van der Waals surface area contributed by atoms with Gasteiger partial charge in [0.05, 0.1) is 12.4 Å². The molecule has 0 aliphatic heterocycles. The average Bonchev–Trinajstić information content (AvgIpc) is 2.54. The lowest BCUT2D eigenvalue weighted by molar-refractivity contribution is 0.125. The number of hydrogen-bond acceptors (Lipinski definition) is 3. The summed E-state index contributed by atoms with van der Waals surface area (Å²) in [4.78, 5) is 10.5. The summed E-state index contributed by atoms with van der Waals surface area (Å²) in [6.45, 7) is 0. The van der Waals surface area contributed by atoms with Crippen molar-refractivity contribution in [2.75, 3.05) is 12.8 Å². The van der Waals surface area contributed by atoms with Gasteiger partial charge in [-0.2, -0.15) is 4.52 Å². The van der Waals surface area contributed by atoms with Crippen LogP contribution in [0.1, 0.15) is 0 Å². The van der Waals surface area contributed by atoms with Crippen molar-refractivity contribution < 1.29 is 4.84 Å². The van der Waals surface area contributed by atoms with E-state index in [0.29, 0.717) is 5.82 Å². The number of nitrogen functional groups attached to an aromatic ring is 1. The van der Waals surface area contributed by atoms with Crippen molar-refractivity contribution in [2.24, 2.45) is 0 Å². The molecule has 2 aromatic rings. The molecule has 0 spiro atoms. The molecule has 5 nitrogen and oxygen atoms in total. The molecule has 11 heavy (non-hydrogen) atoms. The standard InChI is InChI=1S/C6H8N4O/c1-11-9-3-2-6-8-4-5(7)10(6)9/h2-4H,7H2,1H3. The van der Waals surface area contributed by atoms with Crippen molar-refractivity contribution in [1.82, 2.24) is 14.3 Å². The molecule has 2 heterocycles. The first-order chi connectivity index (χ1) is 5.33. The molecule has 2 aromatic heterocycles. The van der Waals surface area contributed by atoms with E-state index in [9.17, 15) is 0 Å². The van der Waals surface area contributed by atoms with Crippen LogP contribution in [0.2, 0.25) is 0 Å². The summed E-state index contributed by atoms with van der Waals surface area (Å²) >= 11 is 0. The molecule has 0 atom stereocenters. The highest BCUT2D eigenvalue weighted by Crippen LogP contribution is 2.07. The number of fused-ring (bicyclic) bond motifs is 1. The lowest BCUT2D eigenvalue weighted by atomic mass is 10.7. The van der Waals surface area contributed by atoms with Crippen molar-refractivity contribution in [3.05, 3.63) is 18.5 Å². The van der Waals surface area contributed by atoms with E-state index in [0.717, 1.165) is 5.65 Å². The van der Waals surface area contributed by atoms with Crippen LogP contribution < -0.4 is 10.6 Å². The highest BCUT2D eigenvalue weighted by atomic mass is 16.7. The Balaban J connectivity index is 2.80. The van der Waals surface area contributed by atoms with Crippen molar-refractivity contribution in [3.8, 4) is 0 Å². The summed E-state index contributed by atoms with van der Waals surface area (Å²) in [5.41, 5.74) is 6.38. The smallest absolute Gasteiger partial charge is 0.158 e. The topological polar surface area (TPSA) is 57.5 Å². The molecule has 0 bridgehead atoms. The molecule has 0 aliphatic carbocycles. The summed E-state index contributed by atoms with van der Waals surface area (Å²) in [7, 11) is 1.57. The van der Waals surface area contributed by atoms with Crippen LogP contribution in [0.25, 0.3) is 5.65 Å². The van der Waals surface area contributed by atoms with Gasteiger partial charge in [0.1, 0.15) is 12.9 Å². The van der Waals surface area contributed by atoms with Gasteiger partial charge in [0, 0.05) is 6.07 Å². The molecule has 0 fully saturated rings. The van der Waals surface area contributed by atoms with Crippen LogP contribution in [-0.2, 0) is 0 Å². The molecule has 0 saturated carbocycles. The third-order valence-corrected chi connectivity index (χ3v) is 1.53. The predicted molar refractivity (Wildman–Crippen MR) is 40.1 cm³/mol. The minimum atomic E-state index is 0.562. The maximum Gasteiger partial charge on any atom is 0.158 e. The fourth-order valence-corrected chi connectivity index (χ4v) is 1.04. The van der Waals surface area contributed by atoms with Crippen molar-refractivity contribution in [2.45, 2.75) is 0 Å². The Morgan fingerprint density at radius 3 is 3.18 bits per heavy atom. The summed E-state index contributed by atoms with van der Waals surface area (Å²) < 4.78 is 1.67. The zero-order valence-corrected chi connectivity index (χ0v) is 6.06. The van der Waals surface area contributed by atoms with Crippen LogP contribution in [-0.4, -0.2) is 21.5 Å². The number of rotatable bonds is 1. The van der Waals surface area contributed by atoms with Crippen molar-refractivity contribution in [3.63, 3.8) is 0 Å². The normalized spacial score (nSPS) is 10.6. The van der Waals surface area contributed by atoms with Crippen LogP contribution in [0.3, 0.4) is 0 Å². The summed E-state index contributed by atoms with van der Waals surface area (Å²) in [5.74, 6) is 0.562. The second-order valence-electron chi connectivity index (χ2n) is 2.15. The Hall–Kier alpha value is -1.65. The fraction of sp³-hybridized carbons (Fsp3) is 0.167. The zero-order valence-electron chi connectivity index (χ0n) is 6.06. The van der Waals surface area contributed by atoms with Crippen LogP contribution in [0.4, 0.5) is 5.82 Å². The molecule has 0 saturated heterocycles. The highest BCUT2D eigenvalue weighted by molar-refractivity contribution is 5.45. The summed E-state index contributed by atoms with van der Waals surface area (Å²) in [6, 6.07) is 1.82. The predicted octanol–water partition coefficient (Wildman–Crippen LogP) is -0.224. The van der Waals surface area contributed by atoms with E-state index in [1.165, 1.54) is 4.85 Å². The molecule has 0 radical (unpaired) electrons. The van der Waals surface area contributed by atoms with E-state index in [2.05, 4.69) is 4.98 Å². The lowest BCUT2D eigenvalue weighted by Gasteiger charge is -2.01. The SMILES string of the molecule is COn1ccc2ncc(N)n21. The largest absolute Gasteiger partial charge is 0.401 e. The van der Waals surface area contributed by atoms with E-state index in [-0.39, 0.29) is 0 Å². The summed E-state index contributed by atoms with van der Waals surface area (Å²) in [6.07, 6.45) is 3.34. The maximum absolute atomic E-state index is 5.60. The molecule has 0 aromatic carbocycles. The van der Waals surface area contributed by atoms with Gasteiger partial charge in [0.15, 0.2) is 5.65 Å². The van der Waals surface area contributed by atoms with E-state index in [4.69, 9.17) is 10.6 Å². The molecule has 0 unspecified atom stereocenters. The van der Waals surface area contributed by atoms with Gasteiger partial charge in [-0.1, -0.05) is 0 Å². The third-order valence-electron chi connectivity index (χ3n) is 1.53. The Kier molecular flexibility index (Phi) is 1.06. The van der Waals surface area contributed by atoms with E-state index in [1.54, 1.807) is 24.0 Å². The van der Waals surface area contributed by atoms with Gasteiger partial charge in [-0.25, -0.2) is 4.98 Å². The van der Waals surface area contributed by atoms with E-state index < -0.39 is 0 Å². The Morgan fingerprint density at radius 1 is 1.64 bits per heavy atom. The number of anilines is 1. The van der Waals surface area contributed by atoms with Crippen molar-refractivity contribution in [1.29, 1.82) is 0 Å². The first-order valence-electron chi connectivity index (χ1n) is 3.18. The fourth-order valence-electron chi connectivity index (χ4n) is 1.04. The average molecular weight is 152 g/mol. The van der Waals surface area contributed by atoms with Crippen LogP contribution in [0.5, 0.6) is 0 Å². The number of imidazole rings is 1. The second-order valence-corrected chi connectivity index (χ2v) is 2.15. The maximum atomic E-state index is 5.60. The second kappa shape index (κ2) is 1.91. The quantitative estimate of drug-likeness (QED) is 0.614. The molecule has 2 N–H and O–H groups in total.